The second kappa shape index (κ2) is 3.46. The number of halogens is 1. The van der Waals surface area contributed by atoms with Crippen LogP contribution in [0.5, 0.6) is 0 Å². The minimum atomic E-state index is 0.330. The Kier molecular flexibility index (Phi) is 2.29. The van der Waals surface area contributed by atoms with Crippen molar-refractivity contribution in [1.82, 2.24) is 5.16 Å². The highest BCUT2D eigenvalue weighted by atomic mass is 79.9. The summed E-state index contributed by atoms with van der Waals surface area (Å²) >= 11 is 3.46. The highest BCUT2D eigenvalue weighted by molar-refractivity contribution is 9.10. The molecule has 0 aliphatic heterocycles. The number of hydrogen-bond acceptors (Lipinski definition) is 3. The van der Waals surface area contributed by atoms with E-state index in [0.717, 1.165) is 15.7 Å². The molecule has 0 spiro atoms. The Bertz CT molecular complexity index is 465. The van der Waals surface area contributed by atoms with E-state index in [-0.39, 0.29) is 0 Å². The largest absolute Gasteiger partial charge is 0.368 e. The van der Waals surface area contributed by atoms with E-state index >= 15 is 0 Å². The Labute approximate surface area is 90.0 Å². The minimum Gasteiger partial charge on any atom is -0.368 e. The molecule has 0 aliphatic carbocycles. The molecule has 0 unspecified atom stereocenters. The SMILES string of the molecule is Cc1ccc(-c2cc(N)on2)cc1Br. The van der Waals surface area contributed by atoms with Crippen LogP contribution in [0.1, 0.15) is 5.56 Å². The van der Waals surface area contributed by atoms with E-state index in [0.29, 0.717) is 5.88 Å². The summed E-state index contributed by atoms with van der Waals surface area (Å²) in [6.45, 7) is 2.03. The molecule has 0 bridgehead atoms. The Balaban J connectivity index is 2.47. The van der Waals surface area contributed by atoms with Crippen LogP contribution in [0.4, 0.5) is 5.88 Å². The van der Waals surface area contributed by atoms with E-state index in [1.54, 1.807) is 6.07 Å². The maximum absolute atomic E-state index is 5.44. The number of aryl methyl sites for hydroxylation is 1. The smallest absolute Gasteiger partial charge is 0.222 e. The van der Waals surface area contributed by atoms with Gasteiger partial charge in [-0.15, -0.1) is 0 Å². The highest BCUT2D eigenvalue weighted by Crippen LogP contribution is 2.25. The molecule has 3 nitrogen and oxygen atoms in total. The first-order valence-electron chi connectivity index (χ1n) is 4.15. The van der Waals surface area contributed by atoms with Crippen molar-refractivity contribution >= 4 is 21.8 Å². The minimum absolute atomic E-state index is 0.330. The summed E-state index contributed by atoms with van der Waals surface area (Å²) in [7, 11) is 0. The fraction of sp³-hybridized carbons (Fsp3) is 0.100. The topological polar surface area (TPSA) is 52.0 Å². The average molecular weight is 253 g/mol. The molecule has 1 aromatic carbocycles. The van der Waals surface area contributed by atoms with Crippen molar-refractivity contribution in [3.05, 3.63) is 34.3 Å². The van der Waals surface area contributed by atoms with Gasteiger partial charge in [-0.05, 0) is 18.6 Å². The van der Waals surface area contributed by atoms with Gasteiger partial charge in [0.1, 0.15) is 5.69 Å². The van der Waals surface area contributed by atoms with Gasteiger partial charge in [0.05, 0.1) is 0 Å². The fourth-order valence-corrected chi connectivity index (χ4v) is 1.56. The van der Waals surface area contributed by atoms with Crippen LogP contribution in [0, 0.1) is 6.92 Å². The van der Waals surface area contributed by atoms with Crippen LogP contribution >= 0.6 is 15.9 Å². The summed E-state index contributed by atoms with van der Waals surface area (Å²) in [5.74, 6) is 0.330. The van der Waals surface area contributed by atoms with Gasteiger partial charge in [-0.3, -0.25) is 0 Å². The molecule has 1 heterocycles. The molecule has 0 saturated carbocycles. The summed E-state index contributed by atoms with van der Waals surface area (Å²) in [5, 5.41) is 3.84. The molecular weight excluding hydrogens is 244 g/mol. The van der Waals surface area contributed by atoms with E-state index in [1.165, 1.54) is 5.56 Å². The molecule has 0 fully saturated rings. The first-order valence-corrected chi connectivity index (χ1v) is 4.95. The second-order valence-electron chi connectivity index (χ2n) is 3.08. The van der Waals surface area contributed by atoms with Crippen molar-refractivity contribution < 1.29 is 4.52 Å². The standard InChI is InChI=1S/C10H9BrN2O/c1-6-2-3-7(4-8(6)11)9-5-10(12)14-13-9/h2-5H,12H2,1H3. The molecule has 72 valence electrons. The molecule has 2 N–H and O–H groups in total. The van der Waals surface area contributed by atoms with Crippen LogP contribution in [0.3, 0.4) is 0 Å². The van der Waals surface area contributed by atoms with Crippen LogP contribution in [-0.4, -0.2) is 5.16 Å². The lowest BCUT2D eigenvalue weighted by molar-refractivity contribution is 0.439. The molecule has 1 aromatic heterocycles. The quantitative estimate of drug-likeness (QED) is 0.849. The zero-order valence-corrected chi connectivity index (χ0v) is 9.21. The van der Waals surface area contributed by atoms with Crippen molar-refractivity contribution in [2.45, 2.75) is 6.92 Å². The van der Waals surface area contributed by atoms with Crippen molar-refractivity contribution in [2.75, 3.05) is 5.73 Å². The summed E-state index contributed by atoms with van der Waals surface area (Å²) in [4.78, 5) is 0. The lowest BCUT2D eigenvalue weighted by atomic mass is 10.1. The molecule has 0 atom stereocenters. The van der Waals surface area contributed by atoms with Crippen molar-refractivity contribution in [1.29, 1.82) is 0 Å². The van der Waals surface area contributed by atoms with Gasteiger partial charge in [-0.1, -0.05) is 33.2 Å². The number of rotatable bonds is 1. The lowest BCUT2D eigenvalue weighted by Crippen LogP contribution is -1.80. The van der Waals surface area contributed by atoms with E-state index in [4.69, 9.17) is 10.3 Å². The molecule has 0 saturated heterocycles. The third-order valence-electron chi connectivity index (χ3n) is 2.00. The van der Waals surface area contributed by atoms with Gasteiger partial charge in [-0.25, -0.2) is 0 Å². The van der Waals surface area contributed by atoms with E-state index in [9.17, 15) is 0 Å². The molecule has 2 rings (SSSR count). The number of benzene rings is 1. The molecule has 0 aliphatic rings. The molecule has 4 heteroatoms. The van der Waals surface area contributed by atoms with Crippen LogP contribution in [0.15, 0.2) is 33.3 Å². The van der Waals surface area contributed by atoms with Crippen molar-refractivity contribution in [3.63, 3.8) is 0 Å². The summed E-state index contributed by atoms with van der Waals surface area (Å²) in [6, 6.07) is 7.70. The first kappa shape index (κ1) is 9.27. The van der Waals surface area contributed by atoms with Crippen LogP contribution < -0.4 is 5.73 Å². The van der Waals surface area contributed by atoms with E-state index < -0.39 is 0 Å². The van der Waals surface area contributed by atoms with Gasteiger partial charge in [0.15, 0.2) is 0 Å². The van der Waals surface area contributed by atoms with Gasteiger partial charge >= 0.3 is 0 Å². The average Bonchev–Trinajstić information content (AvgIpc) is 2.57. The zero-order chi connectivity index (χ0) is 10.1. The molecule has 14 heavy (non-hydrogen) atoms. The predicted octanol–water partition coefficient (Wildman–Crippen LogP) is 2.99. The maximum atomic E-state index is 5.44. The third-order valence-corrected chi connectivity index (χ3v) is 2.85. The Morgan fingerprint density at radius 3 is 2.71 bits per heavy atom. The number of nitrogen functional groups attached to an aromatic ring is 1. The fourth-order valence-electron chi connectivity index (χ4n) is 1.18. The predicted molar refractivity (Wildman–Crippen MR) is 58.8 cm³/mol. The summed E-state index contributed by atoms with van der Waals surface area (Å²) < 4.78 is 5.85. The van der Waals surface area contributed by atoms with E-state index in [1.807, 2.05) is 25.1 Å². The molecule has 0 amide bonds. The lowest BCUT2D eigenvalue weighted by Gasteiger charge is -1.99. The van der Waals surface area contributed by atoms with Crippen LogP contribution in [0.2, 0.25) is 0 Å². The highest BCUT2D eigenvalue weighted by Gasteiger charge is 2.05. The van der Waals surface area contributed by atoms with Crippen molar-refractivity contribution in [3.8, 4) is 11.3 Å². The number of hydrogen-bond donors (Lipinski definition) is 1. The van der Waals surface area contributed by atoms with Crippen LogP contribution in [0.25, 0.3) is 11.3 Å². The Hall–Kier alpha value is -1.29. The molecular formula is C10H9BrN2O. The Morgan fingerprint density at radius 2 is 2.14 bits per heavy atom. The Morgan fingerprint density at radius 1 is 1.36 bits per heavy atom. The number of aromatic nitrogens is 1. The van der Waals surface area contributed by atoms with Gasteiger partial charge < -0.3 is 10.3 Å². The van der Waals surface area contributed by atoms with Crippen molar-refractivity contribution in [2.24, 2.45) is 0 Å². The third kappa shape index (κ3) is 1.65. The van der Waals surface area contributed by atoms with E-state index in [2.05, 4.69) is 21.1 Å². The monoisotopic (exact) mass is 252 g/mol. The van der Waals surface area contributed by atoms with Crippen LogP contribution in [-0.2, 0) is 0 Å². The summed E-state index contributed by atoms with van der Waals surface area (Å²) in [6.07, 6.45) is 0. The summed E-state index contributed by atoms with van der Waals surface area (Å²) in [5.41, 5.74) is 8.37. The number of anilines is 1. The number of nitrogens with zero attached hydrogens (tertiary/aromatic N) is 1. The molecule has 0 radical (unpaired) electrons. The van der Waals surface area contributed by atoms with Gasteiger partial charge in [-0.2, -0.15) is 0 Å². The normalized spacial score (nSPS) is 10.4. The number of nitrogens with two attached hydrogens (primary N) is 1. The van der Waals surface area contributed by atoms with Gasteiger partial charge in [0.2, 0.25) is 5.88 Å². The van der Waals surface area contributed by atoms with Gasteiger partial charge in [0, 0.05) is 16.1 Å². The maximum Gasteiger partial charge on any atom is 0.222 e. The first-order chi connectivity index (χ1) is 6.66. The zero-order valence-electron chi connectivity index (χ0n) is 7.62. The molecule has 2 aromatic rings. The van der Waals surface area contributed by atoms with Gasteiger partial charge in [0.25, 0.3) is 0 Å². The second-order valence-corrected chi connectivity index (χ2v) is 3.93.